The molecule has 0 spiro atoms. The van der Waals surface area contributed by atoms with Gasteiger partial charge in [0.15, 0.2) is 11.6 Å². The van der Waals surface area contributed by atoms with Crippen LogP contribution in [-0.4, -0.2) is 31.1 Å². The number of piperazine rings is 1. The summed E-state index contributed by atoms with van der Waals surface area (Å²) < 4.78 is 25.9. The van der Waals surface area contributed by atoms with Gasteiger partial charge in [-0.3, -0.25) is 4.90 Å². The molecule has 18 heavy (non-hydrogen) atoms. The Morgan fingerprint density at radius 2 is 1.72 bits per heavy atom. The highest BCUT2D eigenvalue weighted by Crippen LogP contribution is 2.22. The number of hydrogen-bond donors (Lipinski definition) is 1. The van der Waals surface area contributed by atoms with Crippen LogP contribution in [0.25, 0.3) is 0 Å². The van der Waals surface area contributed by atoms with Crippen molar-refractivity contribution in [1.82, 2.24) is 10.2 Å². The molecule has 0 bridgehead atoms. The molecule has 1 N–H and O–H groups in total. The highest BCUT2D eigenvalue weighted by Gasteiger charge is 2.18. The third kappa shape index (κ3) is 4.05. The van der Waals surface area contributed by atoms with Crippen molar-refractivity contribution in [3.63, 3.8) is 0 Å². The molecule has 2 rings (SSSR count). The first-order chi connectivity index (χ1) is 7.68. The van der Waals surface area contributed by atoms with Crippen LogP contribution in [-0.2, 0) is 0 Å². The van der Waals surface area contributed by atoms with Crippen LogP contribution in [0.15, 0.2) is 18.2 Å². The third-order valence-corrected chi connectivity index (χ3v) is 3.13. The first kappa shape index (κ1) is 17.6. The summed E-state index contributed by atoms with van der Waals surface area (Å²) in [6, 6.07) is 4.29. The molecule has 1 aromatic carbocycles. The van der Waals surface area contributed by atoms with Crippen LogP contribution in [0.4, 0.5) is 8.78 Å². The molecule has 0 aromatic heterocycles. The molecule has 0 aliphatic carbocycles. The summed E-state index contributed by atoms with van der Waals surface area (Å²) in [4.78, 5) is 2.27. The van der Waals surface area contributed by atoms with Crippen molar-refractivity contribution in [3.05, 3.63) is 35.4 Å². The van der Waals surface area contributed by atoms with Crippen molar-refractivity contribution >= 4 is 24.8 Å². The molecule has 0 amide bonds. The summed E-state index contributed by atoms with van der Waals surface area (Å²) in [7, 11) is 0. The van der Waals surface area contributed by atoms with Crippen molar-refractivity contribution < 1.29 is 8.78 Å². The van der Waals surface area contributed by atoms with Crippen LogP contribution in [0, 0.1) is 11.6 Å². The lowest BCUT2D eigenvalue weighted by molar-refractivity contribution is 0.185. The fourth-order valence-electron chi connectivity index (χ4n) is 2.05. The van der Waals surface area contributed by atoms with Gasteiger partial charge >= 0.3 is 0 Å². The molecule has 1 saturated heterocycles. The predicted octanol–water partition coefficient (Wildman–Crippen LogP) is 2.77. The zero-order chi connectivity index (χ0) is 11.5. The van der Waals surface area contributed by atoms with Gasteiger partial charge in [0.1, 0.15) is 0 Å². The van der Waals surface area contributed by atoms with E-state index in [0.717, 1.165) is 31.7 Å². The molecule has 104 valence electrons. The lowest BCUT2D eigenvalue weighted by Gasteiger charge is -2.33. The minimum Gasteiger partial charge on any atom is -0.314 e. The van der Waals surface area contributed by atoms with Gasteiger partial charge < -0.3 is 5.32 Å². The van der Waals surface area contributed by atoms with E-state index in [-0.39, 0.29) is 30.9 Å². The zero-order valence-corrected chi connectivity index (χ0v) is 11.8. The van der Waals surface area contributed by atoms with E-state index in [4.69, 9.17) is 0 Å². The van der Waals surface area contributed by atoms with Crippen molar-refractivity contribution in [2.75, 3.05) is 26.2 Å². The van der Waals surface area contributed by atoms with Crippen LogP contribution in [0.1, 0.15) is 18.5 Å². The summed E-state index contributed by atoms with van der Waals surface area (Å²) in [5.74, 6) is -1.55. The number of benzene rings is 1. The smallest absolute Gasteiger partial charge is 0.159 e. The van der Waals surface area contributed by atoms with E-state index < -0.39 is 11.6 Å². The maximum absolute atomic E-state index is 13.1. The van der Waals surface area contributed by atoms with Gasteiger partial charge in [-0.05, 0) is 24.6 Å². The van der Waals surface area contributed by atoms with Crippen molar-refractivity contribution in [2.45, 2.75) is 13.0 Å². The molecule has 1 aliphatic heterocycles. The van der Waals surface area contributed by atoms with Crippen molar-refractivity contribution in [3.8, 4) is 0 Å². The van der Waals surface area contributed by atoms with E-state index in [2.05, 4.69) is 10.2 Å². The first-order valence-corrected chi connectivity index (χ1v) is 5.58. The van der Waals surface area contributed by atoms with Gasteiger partial charge in [0.2, 0.25) is 0 Å². The molecule has 1 aromatic rings. The summed E-state index contributed by atoms with van der Waals surface area (Å²) in [5, 5.41) is 3.27. The second-order valence-electron chi connectivity index (χ2n) is 4.14. The Kier molecular flexibility index (Phi) is 7.71. The Morgan fingerprint density at radius 3 is 2.28 bits per heavy atom. The summed E-state index contributed by atoms with van der Waals surface area (Å²) in [6.45, 7) is 5.82. The van der Waals surface area contributed by atoms with Crippen LogP contribution in [0.3, 0.4) is 0 Å². The van der Waals surface area contributed by atoms with Gasteiger partial charge in [-0.25, -0.2) is 8.78 Å². The number of halogens is 4. The van der Waals surface area contributed by atoms with Crippen LogP contribution in [0.2, 0.25) is 0 Å². The first-order valence-electron chi connectivity index (χ1n) is 5.58. The summed E-state index contributed by atoms with van der Waals surface area (Å²) in [5.41, 5.74) is 0.834. The van der Waals surface area contributed by atoms with Gasteiger partial charge in [0, 0.05) is 32.2 Å². The Bertz CT molecular complexity index is 371. The molecular formula is C12H18Cl2F2N2. The average Bonchev–Trinajstić information content (AvgIpc) is 2.33. The standard InChI is InChI=1S/C12H16F2N2.2ClH/c1-9(16-6-4-15-5-7-16)10-2-3-11(13)12(14)8-10;;/h2-3,8-9,15H,4-7H2,1H3;2*1H/t9-;;/m0../s1. The lowest BCUT2D eigenvalue weighted by Crippen LogP contribution is -2.44. The minimum absolute atomic E-state index is 0. The monoisotopic (exact) mass is 298 g/mol. The summed E-state index contributed by atoms with van der Waals surface area (Å²) >= 11 is 0. The van der Waals surface area contributed by atoms with Gasteiger partial charge in [-0.2, -0.15) is 0 Å². The maximum atomic E-state index is 13.1. The molecular weight excluding hydrogens is 281 g/mol. The molecule has 1 heterocycles. The molecule has 2 nitrogen and oxygen atoms in total. The number of nitrogens with one attached hydrogen (secondary N) is 1. The average molecular weight is 299 g/mol. The van der Waals surface area contributed by atoms with Crippen LogP contribution < -0.4 is 5.32 Å². The van der Waals surface area contributed by atoms with Gasteiger partial charge in [-0.15, -0.1) is 24.8 Å². The second kappa shape index (κ2) is 7.89. The highest BCUT2D eigenvalue weighted by atomic mass is 35.5. The van der Waals surface area contributed by atoms with E-state index in [1.807, 2.05) is 6.92 Å². The van der Waals surface area contributed by atoms with Gasteiger partial charge in [-0.1, -0.05) is 6.07 Å². The lowest BCUT2D eigenvalue weighted by atomic mass is 10.1. The quantitative estimate of drug-likeness (QED) is 0.903. The molecule has 0 unspecified atom stereocenters. The van der Waals surface area contributed by atoms with Gasteiger partial charge in [0.05, 0.1) is 0 Å². The van der Waals surface area contributed by atoms with Crippen LogP contribution >= 0.6 is 24.8 Å². The maximum Gasteiger partial charge on any atom is 0.159 e. The Balaban J connectivity index is 0.00000144. The fourth-order valence-corrected chi connectivity index (χ4v) is 2.05. The summed E-state index contributed by atoms with van der Waals surface area (Å²) in [6.07, 6.45) is 0. The van der Waals surface area contributed by atoms with E-state index in [9.17, 15) is 8.78 Å². The number of hydrogen-bond acceptors (Lipinski definition) is 2. The van der Waals surface area contributed by atoms with Gasteiger partial charge in [0.25, 0.3) is 0 Å². The Hall–Kier alpha value is -0.420. The molecule has 0 saturated carbocycles. The number of nitrogens with zero attached hydrogens (tertiary/aromatic N) is 1. The Morgan fingerprint density at radius 1 is 1.11 bits per heavy atom. The molecule has 0 radical (unpaired) electrons. The minimum atomic E-state index is -0.781. The Labute approximate surface area is 119 Å². The number of rotatable bonds is 2. The van der Waals surface area contributed by atoms with E-state index in [1.165, 1.54) is 12.1 Å². The molecule has 1 aliphatic rings. The van der Waals surface area contributed by atoms with Crippen molar-refractivity contribution in [1.29, 1.82) is 0 Å². The van der Waals surface area contributed by atoms with Crippen molar-refractivity contribution in [2.24, 2.45) is 0 Å². The van der Waals surface area contributed by atoms with Crippen LogP contribution in [0.5, 0.6) is 0 Å². The second-order valence-corrected chi connectivity index (χ2v) is 4.14. The van der Waals surface area contributed by atoms with E-state index in [1.54, 1.807) is 6.07 Å². The van der Waals surface area contributed by atoms with E-state index >= 15 is 0 Å². The normalized spacial score (nSPS) is 17.5. The SMILES string of the molecule is C[C@@H](c1ccc(F)c(F)c1)N1CCNCC1.Cl.Cl. The molecule has 1 atom stereocenters. The fraction of sp³-hybridized carbons (Fsp3) is 0.500. The van der Waals surface area contributed by atoms with E-state index in [0.29, 0.717) is 0 Å². The molecule has 1 fully saturated rings. The zero-order valence-electron chi connectivity index (χ0n) is 10.2. The molecule has 6 heteroatoms. The largest absolute Gasteiger partial charge is 0.314 e. The third-order valence-electron chi connectivity index (χ3n) is 3.13. The predicted molar refractivity (Wildman–Crippen MR) is 73.7 cm³/mol. The topological polar surface area (TPSA) is 15.3 Å². The highest BCUT2D eigenvalue weighted by molar-refractivity contribution is 5.85.